The first-order valence-corrected chi connectivity index (χ1v) is 8.94. The SMILES string of the molecule is COc1ccccc1NC(=S)N1CCn2cccc2[C@H]1c1cccnc1. The van der Waals surface area contributed by atoms with E-state index in [2.05, 4.69) is 44.2 Å². The van der Waals surface area contributed by atoms with E-state index in [-0.39, 0.29) is 6.04 Å². The van der Waals surface area contributed by atoms with Gasteiger partial charge in [-0.15, -0.1) is 0 Å². The molecule has 1 atom stereocenters. The van der Waals surface area contributed by atoms with Gasteiger partial charge in [-0.2, -0.15) is 0 Å². The van der Waals surface area contributed by atoms with Crippen LogP contribution in [0, 0.1) is 0 Å². The molecule has 0 amide bonds. The van der Waals surface area contributed by atoms with Crippen LogP contribution >= 0.6 is 12.2 Å². The van der Waals surface area contributed by atoms with Gasteiger partial charge in [0.05, 0.1) is 18.8 Å². The van der Waals surface area contributed by atoms with E-state index in [1.807, 2.05) is 36.5 Å². The monoisotopic (exact) mass is 364 g/mol. The van der Waals surface area contributed by atoms with E-state index in [1.54, 1.807) is 13.3 Å². The van der Waals surface area contributed by atoms with Crippen LogP contribution in [-0.4, -0.2) is 33.2 Å². The Kier molecular flexibility index (Phi) is 4.58. The first kappa shape index (κ1) is 16.6. The molecule has 1 aromatic carbocycles. The van der Waals surface area contributed by atoms with E-state index in [1.165, 1.54) is 5.69 Å². The fraction of sp³-hybridized carbons (Fsp3) is 0.200. The van der Waals surface area contributed by atoms with Crippen molar-refractivity contribution in [2.24, 2.45) is 0 Å². The van der Waals surface area contributed by atoms with E-state index in [9.17, 15) is 0 Å². The Morgan fingerprint density at radius 1 is 1.15 bits per heavy atom. The number of aromatic nitrogens is 2. The molecule has 2 aromatic heterocycles. The standard InChI is InChI=1S/C20H20N4OS/c1-25-18-9-3-2-7-16(18)22-20(26)24-13-12-23-11-5-8-17(23)19(24)15-6-4-10-21-14-15/h2-11,14,19H,12-13H2,1H3,(H,22,26)/t19-/m1/s1. The first-order valence-electron chi connectivity index (χ1n) is 8.53. The quantitative estimate of drug-likeness (QED) is 0.718. The first-order chi connectivity index (χ1) is 12.8. The smallest absolute Gasteiger partial charge is 0.174 e. The lowest BCUT2D eigenvalue weighted by atomic mass is 10.0. The second-order valence-electron chi connectivity index (χ2n) is 6.14. The normalized spacial score (nSPS) is 16.0. The molecule has 1 aliphatic heterocycles. The van der Waals surface area contributed by atoms with Gasteiger partial charge in [0.1, 0.15) is 5.75 Å². The lowest BCUT2D eigenvalue weighted by Gasteiger charge is -2.39. The second kappa shape index (κ2) is 7.17. The van der Waals surface area contributed by atoms with Crippen molar-refractivity contribution in [2.75, 3.05) is 19.0 Å². The van der Waals surface area contributed by atoms with Crippen molar-refractivity contribution in [3.8, 4) is 5.75 Å². The molecule has 0 saturated heterocycles. The average molecular weight is 364 g/mol. The van der Waals surface area contributed by atoms with E-state index in [0.29, 0.717) is 5.11 Å². The molecule has 6 heteroatoms. The van der Waals surface area contributed by atoms with Crippen LogP contribution in [0.2, 0.25) is 0 Å². The lowest BCUT2D eigenvalue weighted by molar-refractivity contribution is 0.293. The zero-order valence-electron chi connectivity index (χ0n) is 14.5. The molecule has 0 saturated carbocycles. The van der Waals surface area contributed by atoms with E-state index >= 15 is 0 Å². The number of fused-ring (bicyclic) bond motifs is 1. The minimum absolute atomic E-state index is 0.0298. The molecule has 1 N–H and O–H groups in total. The summed E-state index contributed by atoms with van der Waals surface area (Å²) >= 11 is 5.77. The van der Waals surface area contributed by atoms with Crippen LogP contribution in [0.4, 0.5) is 5.69 Å². The minimum Gasteiger partial charge on any atom is -0.495 e. The molecule has 4 rings (SSSR count). The fourth-order valence-corrected chi connectivity index (χ4v) is 3.73. The Balaban J connectivity index is 1.67. The Bertz CT molecular complexity index is 909. The van der Waals surface area contributed by atoms with Crippen molar-refractivity contribution in [3.63, 3.8) is 0 Å². The van der Waals surface area contributed by atoms with Gasteiger partial charge < -0.3 is 19.5 Å². The van der Waals surface area contributed by atoms with Crippen molar-refractivity contribution in [3.05, 3.63) is 78.4 Å². The van der Waals surface area contributed by atoms with Gasteiger partial charge in [0.2, 0.25) is 0 Å². The molecule has 3 aromatic rings. The van der Waals surface area contributed by atoms with Gasteiger partial charge in [-0.05, 0) is 48.1 Å². The Hall–Kier alpha value is -2.86. The maximum absolute atomic E-state index is 5.77. The third-order valence-electron chi connectivity index (χ3n) is 4.65. The molecule has 0 bridgehead atoms. The van der Waals surface area contributed by atoms with Crippen molar-refractivity contribution in [2.45, 2.75) is 12.6 Å². The van der Waals surface area contributed by atoms with Gasteiger partial charge in [0.15, 0.2) is 5.11 Å². The molecule has 5 nitrogen and oxygen atoms in total. The molecule has 0 aliphatic carbocycles. The summed E-state index contributed by atoms with van der Waals surface area (Å²) < 4.78 is 7.71. The zero-order chi connectivity index (χ0) is 17.9. The average Bonchev–Trinajstić information content (AvgIpc) is 3.17. The van der Waals surface area contributed by atoms with Crippen molar-refractivity contribution in [1.82, 2.24) is 14.5 Å². The fourth-order valence-electron chi connectivity index (χ4n) is 3.43. The molecule has 3 heterocycles. The highest BCUT2D eigenvalue weighted by molar-refractivity contribution is 7.80. The summed E-state index contributed by atoms with van der Waals surface area (Å²) in [6, 6.07) is 16.1. The highest BCUT2D eigenvalue weighted by atomic mass is 32.1. The molecule has 0 unspecified atom stereocenters. The number of rotatable bonds is 3. The molecule has 1 aliphatic rings. The van der Waals surface area contributed by atoms with Crippen molar-refractivity contribution < 1.29 is 4.74 Å². The number of hydrogen-bond acceptors (Lipinski definition) is 3. The Morgan fingerprint density at radius 3 is 2.85 bits per heavy atom. The number of thiocarbonyl (C=S) groups is 1. The predicted molar refractivity (Wildman–Crippen MR) is 106 cm³/mol. The summed E-state index contributed by atoms with van der Waals surface area (Å²) in [5, 5.41) is 4.03. The van der Waals surface area contributed by atoms with Crippen LogP contribution in [-0.2, 0) is 6.54 Å². The molecular formula is C20H20N4OS. The van der Waals surface area contributed by atoms with Gasteiger partial charge >= 0.3 is 0 Å². The minimum atomic E-state index is 0.0298. The third-order valence-corrected chi connectivity index (χ3v) is 4.98. The maximum atomic E-state index is 5.77. The summed E-state index contributed by atoms with van der Waals surface area (Å²) in [7, 11) is 1.66. The second-order valence-corrected chi connectivity index (χ2v) is 6.53. The van der Waals surface area contributed by atoms with Crippen LogP contribution in [0.1, 0.15) is 17.3 Å². The molecule has 0 radical (unpaired) electrons. The topological polar surface area (TPSA) is 42.3 Å². The van der Waals surface area contributed by atoms with Crippen molar-refractivity contribution in [1.29, 1.82) is 0 Å². The van der Waals surface area contributed by atoms with Gasteiger partial charge in [0.25, 0.3) is 0 Å². The number of anilines is 1. The Morgan fingerprint density at radius 2 is 2.04 bits per heavy atom. The highest BCUT2D eigenvalue weighted by Gasteiger charge is 2.30. The molecule has 26 heavy (non-hydrogen) atoms. The molecule has 0 fully saturated rings. The number of nitrogens with one attached hydrogen (secondary N) is 1. The van der Waals surface area contributed by atoms with Crippen LogP contribution in [0.5, 0.6) is 5.75 Å². The number of methoxy groups -OCH3 is 1. The van der Waals surface area contributed by atoms with Crippen molar-refractivity contribution >= 4 is 23.0 Å². The number of ether oxygens (including phenoxy) is 1. The number of para-hydroxylation sites is 2. The van der Waals surface area contributed by atoms with E-state index < -0.39 is 0 Å². The highest BCUT2D eigenvalue weighted by Crippen LogP contribution is 2.33. The van der Waals surface area contributed by atoms with Gasteiger partial charge in [0, 0.05) is 37.4 Å². The van der Waals surface area contributed by atoms with E-state index in [4.69, 9.17) is 17.0 Å². The number of pyridine rings is 1. The zero-order valence-corrected chi connectivity index (χ0v) is 15.3. The summed E-state index contributed by atoms with van der Waals surface area (Å²) in [5.41, 5.74) is 3.20. The molecular weight excluding hydrogens is 344 g/mol. The Labute approximate surface area is 158 Å². The summed E-state index contributed by atoms with van der Waals surface area (Å²) in [5.74, 6) is 0.771. The maximum Gasteiger partial charge on any atom is 0.174 e. The van der Waals surface area contributed by atoms with Gasteiger partial charge in [-0.25, -0.2) is 0 Å². The molecule has 132 valence electrons. The molecule has 0 spiro atoms. The third kappa shape index (κ3) is 3.04. The predicted octanol–water partition coefficient (Wildman–Crippen LogP) is 3.69. The summed E-state index contributed by atoms with van der Waals surface area (Å²) in [4.78, 5) is 6.52. The largest absolute Gasteiger partial charge is 0.495 e. The number of nitrogens with zero attached hydrogens (tertiary/aromatic N) is 3. The number of benzene rings is 1. The van der Waals surface area contributed by atoms with Gasteiger partial charge in [-0.1, -0.05) is 18.2 Å². The summed E-state index contributed by atoms with van der Waals surface area (Å²) in [6.45, 7) is 1.72. The lowest BCUT2D eigenvalue weighted by Crippen LogP contribution is -2.44. The van der Waals surface area contributed by atoms with E-state index in [0.717, 1.165) is 30.1 Å². The van der Waals surface area contributed by atoms with Gasteiger partial charge in [-0.3, -0.25) is 4.98 Å². The van der Waals surface area contributed by atoms with Crippen LogP contribution in [0.3, 0.4) is 0 Å². The van der Waals surface area contributed by atoms with Crippen LogP contribution < -0.4 is 10.1 Å². The number of hydrogen-bond donors (Lipinski definition) is 1. The van der Waals surface area contributed by atoms with Crippen LogP contribution in [0.25, 0.3) is 0 Å². The summed E-state index contributed by atoms with van der Waals surface area (Å²) in [6.07, 6.45) is 5.82. The van der Waals surface area contributed by atoms with Crippen LogP contribution in [0.15, 0.2) is 67.1 Å².